The number of rotatable bonds is 2. The number of anilines is 1. The number of hydrogen-bond acceptors (Lipinski definition) is 4. The van der Waals surface area contributed by atoms with Crippen molar-refractivity contribution >= 4 is 11.6 Å². The largest absolute Gasteiger partial charge is 0.356 e. The van der Waals surface area contributed by atoms with Crippen LogP contribution in [0.5, 0.6) is 0 Å². The molecule has 0 atom stereocenters. The summed E-state index contributed by atoms with van der Waals surface area (Å²) in [5.74, 6) is 2.32. The first kappa shape index (κ1) is 10.5. The fourth-order valence-corrected chi connectivity index (χ4v) is 2.43. The summed E-state index contributed by atoms with van der Waals surface area (Å²) >= 11 is 0. The first-order valence-electron chi connectivity index (χ1n) is 6.21. The maximum absolute atomic E-state index is 4.36. The summed E-state index contributed by atoms with van der Waals surface area (Å²) < 4.78 is 1.88. The van der Waals surface area contributed by atoms with Crippen molar-refractivity contribution in [3.63, 3.8) is 0 Å². The lowest BCUT2D eigenvalue weighted by atomic mass is 10.1. The lowest BCUT2D eigenvalue weighted by Gasteiger charge is -2.22. The van der Waals surface area contributed by atoms with Crippen molar-refractivity contribution in [2.45, 2.75) is 32.6 Å². The van der Waals surface area contributed by atoms with E-state index in [2.05, 4.69) is 33.8 Å². The molecule has 1 saturated heterocycles. The molecular weight excluding hydrogens is 214 g/mol. The van der Waals surface area contributed by atoms with Crippen LogP contribution in [0.1, 0.15) is 38.2 Å². The van der Waals surface area contributed by atoms with Gasteiger partial charge in [-0.25, -0.2) is 4.98 Å². The molecule has 3 rings (SSSR count). The molecule has 0 unspecified atom stereocenters. The molecule has 1 aliphatic rings. The van der Waals surface area contributed by atoms with Gasteiger partial charge in [-0.15, -0.1) is 0 Å². The highest BCUT2D eigenvalue weighted by atomic mass is 15.4. The van der Waals surface area contributed by atoms with Crippen molar-refractivity contribution in [2.24, 2.45) is 0 Å². The predicted octanol–water partition coefficient (Wildman–Crippen LogP) is 1.85. The zero-order valence-corrected chi connectivity index (χ0v) is 10.3. The van der Waals surface area contributed by atoms with E-state index in [4.69, 9.17) is 0 Å². The minimum Gasteiger partial charge on any atom is -0.356 e. The lowest BCUT2D eigenvalue weighted by molar-refractivity contribution is 0.783. The molecule has 0 N–H and O–H groups in total. The standard InChI is InChI=1S/C12H17N5/c1-9(2)10-7-13-12-14-8-15-17(12)11(10)16-5-3-4-6-16/h7-9H,3-6H2,1-2H3. The first-order chi connectivity index (χ1) is 8.27. The molecule has 3 heterocycles. The average Bonchev–Trinajstić information content (AvgIpc) is 2.98. The average molecular weight is 231 g/mol. The Labute approximate surface area is 100 Å². The summed E-state index contributed by atoms with van der Waals surface area (Å²) in [6.45, 7) is 6.61. The molecular formula is C12H17N5. The lowest BCUT2D eigenvalue weighted by Crippen LogP contribution is -2.23. The second-order valence-electron chi connectivity index (χ2n) is 4.86. The Morgan fingerprint density at radius 2 is 1.94 bits per heavy atom. The minimum atomic E-state index is 0.451. The third kappa shape index (κ3) is 1.66. The zero-order chi connectivity index (χ0) is 11.8. The van der Waals surface area contributed by atoms with Crippen molar-refractivity contribution in [3.8, 4) is 0 Å². The fourth-order valence-electron chi connectivity index (χ4n) is 2.43. The smallest absolute Gasteiger partial charge is 0.254 e. The number of nitrogens with zero attached hydrogens (tertiary/aromatic N) is 5. The Kier molecular flexibility index (Phi) is 2.46. The van der Waals surface area contributed by atoms with Crippen LogP contribution in [0.25, 0.3) is 5.78 Å². The summed E-state index contributed by atoms with van der Waals surface area (Å²) in [6.07, 6.45) is 6.04. The second-order valence-corrected chi connectivity index (χ2v) is 4.86. The molecule has 0 bridgehead atoms. The van der Waals surface area contributed by atoms with Crippen LogP contribution in [0.3, 0.4) is 0 Å². The van der Waals surface area contributed by atoms with Crippen molar-refractivity contribution in [2.75, 3.05) is 18.0 Å². The van der Waals surface area contributed by atoms with Gasteiger partial charge in [0, 0.05) is 24.8 Å². The van der Waals surface area contributed by atoms with Crippen molar-refractivity contribution in [1.82, 2.24) is 19.6 Å². The minimum absolute atomic E-state index is 0.451. The fraction of sp³-hybridized carbons (Fsp3) is 0.583. The Morgan fingerprint density at radius 1 is 1.18 bits per heavy atom. The molecule has 0 aromatic carbocycles. The van der Waals surface area contributed by atoms with E-state index in [0.717, 1.165) is 13.1 Å². The van der Waals surface area contributed by atoms with E-state index >= 15 is 0 Å². The van der Waals surface area contributed by atoms with E-state index in [9.17, 15) is 0 Å². The SMILES string of the molecule is CC(C)c1cnc2ncnn2c1N1CCCC1. The summed E-state index contributed by atoms with van der Waals surface area (Å²) in [5.41, 5.74) is 1.25. The number of aromatic nitrogens is 4. The molecule has 1 aliphatic heterocycles. The maximum Gasteiger partial charge on any atom is 0.254 e. The molecule has 17 heavy (non-hydrogen) atoms. The number of hydrogen-bond donors (Lipinski definition) is 0. The molecule has 0 saturated carbocycles. The predicted molar refractivity (Wildman–Crippen MR) is 66.3 cm³/mol. The molecule has 1 fully saturated rings. The van der Waals surface area contributed by atoms with Gasteiger partial charge in [0.25, 0.3) is 5.78 Å². The van der Waals surface area contributed by atoms with Gasteiger partial charge in [-0.05, 0) is 18.8 Å². The molecule has 5 heteroatoms. The van der Waals surface area contributed by atoms with Crippen LogP contribution in [0.2, 0.25) is 0 Å². The highest BCUT2D eigenvalue weighted by Gasteiger charge is 2.21. The van der Waals surface area contributed by atoms with E-state index in [1.54, 1.807) is 6.33 Å². The van der Waals surface area contributed by atoms with Gasteiger partial charge in [-0.3, -0.25) is 0 Å². The Hall–Kier alpha value is -1.65. The van der Waals surface area contributed by atoms with Gasteiger partial charge in [0.15, 0.2) is 0 Å². The normalized spacial score (nSPS) is 16.3. The van der Waals surface area contributed by atoms with Gasteiger partial charge in [0.2, 0.25) is 0 Å². The van der Waals surface area contributed by atoms with E-state index in [-0.39, 0.29) is 0 Å². The van der Waals surface area contributed by atoms with E-state index in [1.807, 2.05) is 10.7 Å². The van der Waals surface area contributed by atoms with E-state index in [0.29, 0.717) is 11.7 Å². The topological polar surface area (TPSA) is 46.3 Å². The summed E-state index contributed by atoms with van der Waals surface area (Å²) in [5, 5.41) is 4.31. The van der Waals surface area contributed by atoms with Crippen LogP contribution < -0.4 is 4.90 Å². The Bertz CT molecular complexity index is 525. The van der Waals surface area contributed by atoms with Gasteiger partial charge in [-0.2, -0.15) is 14.6 Å². The third-order valence-corrected chi connectivity index (χ3v) is 3.34. The van der Waals surface area contributed by atoms with Crippen LogP contribution >= 0.6 is 0 Å². The maximum atomic E-state index is 4.36. The zero-order valence-electron chi connectivity index (χ0n) is 10.3. The van der Waals surface area contributed by atoms with Gasteiger partial charge < -0.3 is 4.90 Å². The molecule has 2 aromatic heterocycles. The molecule has 2 aromatic rings. The quantitative estimate of drug-likeness (QED) is 0.791. The molecule has 0 radical (unpaired) electrons. The van der Waals surface area contributed by atoms with E-state index in [1.165, 1.54) is 24.2 Å². The highest BCUT2D eigenvalue weighted by Crippen LogP contribution is 2.29. The second kappa shape index (κ2) is 3.98. The number of fused-ring (bicyclic) bond motifs is 1. The van der Waals surface area contributed by atoms with Crippen LogP contribution in [-0.4, -0.2) is 32.7 Å². The highest BCUT2D eigenvalue weighted by molar-refractivity contribution is 5.53. The molecule has 90 valence electrons. The molecule has 5 nitrogen and oxygen atoms in total. The van der Waals surface area contributed by atoms with Gasteiger partial charge in [-0.1, -0.05) is 13.8 Å². The Morgan fingerprint density at radius 3 is 2.65 bits per heavy atom. The molecule has 0 spiro atoms. The third-order valence-electron chi connectivity index (χ3n) is 3.34. The summed E-state index contributed by atoms with van der Waals surface area (Å²) in [7, 11) is 0. The molecule has 0 aliphatic carbocycles. The summed E-state index contributed by atoms with van der Waals surface area (Å²) in [6, 6.07) is 0. The monoisotopic (exact) mass is 231 g/mol. The summed E-state index contributed by atoms with van der Waals surface area (Å²) in [4.78, 5) is 10.9. The van der Waals surface area contributed by atoms with Crippen molar-refractivity contribution in [3.05, 3.63) is 18.1 Å². The van der Waals surface area contributed by atoms with E-state index < -0.39 is 0 Å². The van der Waals surface area contributed by atoms with Crippen LogP contribution in [0, 0.1) is 0 Å². The van der Waals surface area contributed by atoms with Crippen LogP contribution in [0.4, 0.5) is 5.82 Å². The van der Waals surface area contributed by atoms with Crippen molar-refractivity contribution < 1.29 is 0 Å². The van der Waals surface area contributed by atoms with Crippen molar-refractivity contribution in [1.29, 1.82) is 0 Å². The molecule has 0 amide bonds. The van der Waals surface area contributed by atoms with Crippen LogP contribution in [-0.2, 0) is 0 Å². The first-order valence-corrected chi connectivity index (χ1v) is 6.21. The van der Waals surface area contributed by atoms with Gasteiger partial charge in [0.1, 0.15) is 12.1 Å². The van der Waals surface area contributed by atoms with Crippen LogP contribution in [0.15, 0.2) is 12.5 Å². The van der Waals surface area contributed by atoms with Gasteiger partial charge in [0.05, 0.1) is 0 Å². The van der Waals surface area contributed by atoms with Gasteiger partial charge >= 0.3 is 0 Å². The Balaban J connectivity index is 2.21.